The molecule has 2 amide bonds. The van der Waals surface area contributed by atoms with Gasteiger partial charge < -0.3 is 15.4 Å². The number of benzene rings is 2. The maximum Gasteiger partial charge on any atom is 0.255 e. The van der Waals surface area contributed by atoms with E-state index in [9.17, 15) is 9.59 Å². The normalized spacial score (nSPS) is 10.5. The summed E-state index contributed by atoms with van der Waals surface area (Å²) in [5.41, 5.74) is 1.35. The Morgan fingerprint density at radius 1 is 1.00 bits per heavy atom. The van der Waals surface area contributed by atoms with Crippen molar-refractivity contribution in [2.24, 2.45) is 0 Å². The summed E-state index contributed by atoms with van der Waals surface area (Å²) in [6.07, 6.45) is 0. The van der Waals surface area contributed by atoms with Gasteiger partial charge in [-0.3, -0.25) is 9.59 Å². The number of thiophene rings is 1. The van der Waals surface area contributed by atoms with Gasteiger partial charge in [0.2, 0.25) is 0 Å². The molecule has 28 heavy (non-hydrogen) atoms. The highest BCUT2D eigenvalue weighted by atomic mass is 32.1. The lowest BCUT2D eigenvalue weighted by Gasteiger charge is -2.13. The lowest BCUT2D eigenvalue weighted by atomic mass is 10.1. The minimum Gasteiger partial charge on any atom is -0.488 e. The van der Waals surface area contributed by atoms with Gasteiger partial charge in [0.25, 0.3) is 11.8 Å². The van der Waals surface area contributed by atoms with Crippen LogP contribution >= 0.6 is 11.3 Å². The number of carbonyl (C=O) groups excluding carboxylic acids is 2. The maximum absolute atomic E-state index is 12.7. The van der Waals surface area contributed by atoms with Crippen molar-refractivity contribution >= 4 is 28.8 Å². The summed E-state index contributed by atoms with van der Waals surface area (Å²) in [4.78, 5) is 26.2. The van der Waals surface area contributed by atoms with Gasteiger partial charge in [0, 0.05) is 16.5 Å². The van der Waals surface area contributed by atoms with Gasteiger partial charge in [-0.25, -0.2) is 0 Å². The first-order chi connectivity index (χ1) is 13.5. The molecule has 0 radical (unpaired) electrons. The molecule has 144 valence electrons. The van der Waals surface area contributed by atoms with Crippen LogP contribution in [0.25, 0.3) is 0 Å². The van der Waals surface area contributed by atoms with Gasteiger partial charge in [-0.1, -0.05) is 24.3 Å². The SMILES string of the molecule is CC(C)NC(=O)c1ccccc1NC(=O)c1cccc(OCc2cccs2)c1. The second-order valence-electron chi connectivity index (χ2n) is 6.52. The first kappa shape index (κ1) is 19.6. The molecule has 0 atom stereocenters. The van der Waals surface area contributed by atoms with E-state index < -0.39 is 0 Å². The van der Waals surface area contributed by atoms with Crippen LogP contribution in [0, 0.1) is 0 Å². The molecule has 0 fully saturated rings. The van der Waals surface area contributed by atoms with E-state index in [2.05, 4.69) is 10.6 Å². The van der Waals surface area contributed by atoms with E-state index in [1.165, 1.54) is 0 Å². The Morgan fingerprint density at radius 2 is 1.82 bits per heavy atom. The highest BCUT2D eigenvalue weighted by molar-refractivity contribution is 7.09. The molecule has 0 saturated heterocycles. The molecule has 6 heteroatoms. The van der Waals surface area contributed by atoms with Gasteiger partial charge in [0.05, 0.1) is 11.3 Å². The Balaban J connectivity index is 1.71. The van der Waals surface area contributed by atoms with E-state index in [-0.39, 0.29) is 17.9 Å². The fraction of sp³-hybridized carbons (Fsp3) is 0.182. The molecular formula is C22H22N2O3S. The summed E-state index contributed by atoms with van der Waals surface area (Å²) in [5.74, 6) is 0.0946. The minimum absolute atomic E-state index is 0.00781. The van der Waals surface area contributed by atoms with Crippen molar-refractivity contribution in [3.63, 3.8) is 0 Å². The van der Waals surface area contributed by atoms with Crippen LogP contribution in [0.1, 0.15) is 39.4 Å². The van der Waals surface area contributed by atoms with Crippen molar-refractivity contribution in [2.45, 2.75) is 26.5 Å². The molecule has 0 aliphatic rings. The molecule has 1 aromatic heterocycles. The van der Waals surface area contributed by atoms with Crippen LogP contribution in [0.2, 0.25) is 0 Å². The second kappa shape index (κ2) is 9.19. The minimum atomic E-state index is -0.300. The summed E-state index contributed by atoms with van der Waals surface area (Å²) in [5, 5.41) is 7.66. The number of amides is 2. The number of para-hydroxylation sites is 1. The number of hydrogen-bond donors (Lipinski definition) is 2. The summed E-state index contributed by atoms with van der Waals surface area (Å²) in [6, 6.07) is 17.9. The Kier molecular flexibility index (Phi) is 6.45. The molecule has 0 bridgehead atoms. The van der Waals surface area contributed by atoms with Gasteiger partial charge in [-0.15, -0.1) is 11.3 Å². The molecule has 3 rings (SSSR count). The molecule has 0 unspecified atom stereocenters. The smallest absolute Gasteiger partial charge is 0.255 e. The summed E-state index contributed by atoms with van der Waals surface area (Å²) in [7, 11) is 0. The van der Waals surface area contributed by atoms with Crippen molar-refractivity contribution in [2.75, 3.05) is 5.32 Å². The topological polar surface area (TPSA) is 67.4 Å². The third kappa shape index (κ3) is 5.20. The van der Waals surface area contributed by atoms with Crippen LogP contribution < -0.4 is 15.4 Å². The van der Waals surface area contributed by atoms with Crippen LogP contribution in [-0.2, 0) is 6.61 Å². The Morgan fingerprint density at radius 3 is 2.57 bits per heavy atom. The second-order valence-corrected chi connectivity index (χ2v) is 7.56. The van der Waals surface area contributed by atoms with Crippen molar-refractivity contribution in [1.29, 1.82) is 0 Å². The van der Waals surface area contributed by atoms with Crippen LogP contribution in [0.5, 0.6) is 5.75 Å². The molecule has 0 aliphatic heterocycles. The van der Waals surface area contributed by atoms with Gasteiger partial charge in [-0.05, 0) is 55.6 Å². The van der Waals surface area contributed by atoms with Crippen LogP contribution in [-0.4, -0.2) is 17.9 Å². The predicted molar refractivity (Wildman–Crippen MR) is 112 cm³/mol. The Hall–Kier alpha value is -3.12. The average Bonchev–Trinajstić information content (AvgIpc) is 3.20. The lowest BCUT2D eigenvalue weighted by Crippen LogP contribution is -2.31. The molecule has 0 aliphatic carbocycles. The maximum atomic E-state index is 12.7. The fourth-order valence-corrected chi connectivity index (χ4v) is 3.22. The first-order valence-corrected chi connectivity index (χ1v) is 9.87. The lowest BCUT2D eigenvalue weighted by molar-refractivity contribution is 0.0944. The predicted octanol–water partition coefficient (Wildman–Crippen LogP) is 4.72. The third-order valence-electron chi connectivity index (χ3n) is 3.90. The number of ether oxygens (including phenoxy) is 1. The Labute approximate surface area is 168 Å². The zero-order chi connectivity index (χ0) is 19.9. The third-order valence-corrected chi connectivity index (χ3v) is 4.75. The number of anilines is 1. The Bertz CT molecular complexity index is 952. The van der Waals surface area contributed by atoms with Crippen LogP contribution in [0.4, 0.5) is 5.69 Å². The number of nitrogens with one attached hydrogen (secondary N) is 2. The quantitative estimate of drug-likeness (QED) is 0.609. The van der Waals surface area contributed by atoms with Gasteiger partial charge in [0.1, 0.15) is 12.4 Å². The fourth-order valence-electron chi connectivity index (χ4n) is 2.60. The van der Waals surface area contributed by atoms with Crippen LogP contribution in [0.15, 0.2) is 66.0 Å². The van der Waals surface area contributed by atoms with Gasteiger partial charge in [0.15, 0.2) is 0 Å². The summed E-state index contributed by atoms with van der Waals surface area (Å²) in [6.45, 7) is 4.24. The standard InChI is InChI=1S/C22H22N2O3S/c1-15(2)23-22(26)19-10-3-4-11-20(19)24-21(25)16-7-5-8-17(13-16)27-14-18-9-6-12-28-18/h3-13,15H,14H2,1-2H3,(H,23,26)(H,24,25). The van der Waals surface area contributed by atoms with Crippen molar-refractivity contribution in [3.05, 3.63) is 82.0 Å². The number of carbonyl (C=O) groups is 2. The largest absolute Gasteiger partial charge is 0.488 e. The molecule has 3 aromatic rings. The van der Waals surface area contributed by atoms with Crippen molar-refractivity contribution in [3.8, 4) is 5.75 Å². The zero-order valence-electron chi connectivity index (χ0n) is 15.8. The molecule has 0 saturated carbocycles. The summed E-state index contributed by atoms with van der Waals surface area (Å²) >= 11 is 1.62. The highest BCUT2D eigenvalue weighted by Gasteiger charge is 2.15. The molecule has 0 spiro atoms. The van der Waals surface area contributed by atoms with E-state index in [1.54, 1.807) is 53.8 Å². The number of hydrogen-bond acceptors (Lipinski definition) is 4. The van der Waals surface area contributed by atoms with E-state index in [0.29, 0.717) is 29.2 Å². The average molecular weight is 394 g/mol. The molecule has 2 N–H and O–H groups in total. The van der Waals surface area contributed by atoms with E-state index >= 15 is 0 Å². The molecule has 2 aromatic carbocycles. The van der Waals surface area contributed by atoms with E-state index in [4.69, 9.17) is 4.74 Å². The van der Waals surface area contributed by atoms with E-state index in [0.717, 1.165) is 4.88 Å². The molecule has 5 nitrogen and oxygen atoms in total. The first-order valence-electron chi connectivity index (χ1n) is 8.99. The van der Waals surface area contributed by atoms with Gasteiger partial charge >= 0.3 is 0 Å². The highest BCUT2D eigenvalue weighted by Crippen LogP contribution is 2.20. The van der Waals surface area contributed by atoms with Crippen LogP contribution in [0.3, 0.4) is 0 Å². The zero-order valence-corrected chi connectivity index (χ0v) is 16.6. The number of rotatable bonds is 7. The van der Waals surface area contributed by atoms with Crippen molar-refractivity contribution < 1.29 is 14.3 Å². The monoisotopic (exact) mass is 394 g/mol. The van der Waals surface area contributed by atoms with Gasteiger partial charge in [-0.2, -0.15) is 0 Å². The molecular weight excluding hydrogens is 372 g/mol. The summed E-state index contributed by atoms with van der Waals surface area (Å²) < 4.78 is 5.76. The van der Waals surface area contributed by atoms with E-state index in [1.807, 2.05) is 37.4 Å². The van der Waals surface area contributed by atoms with Crippen molar-refractivity contribution in [1.82, 2.24) is 5.32 Å². The molecule has 1 heterocycles.